The SMILES string of the molecule is CSc1ccc(C(=O)[C@H]2CN(C(=O)Oc3ccccc3)C[C@@H]2Cc2ccc(OC(C)(C)C(C)=O)c(F)c2)cc1. The third-order valence-corrected chi connectivity index (χ3v) is 7.81. The second-order valence-electron chi connectivity index (χ2n) is 10.2. The quantitative estimate of drug-likeness (QED) is 0.225. The van der Waals surface area contributed by atoms with Crippen LogP contribution in [0, 0.1) is 17.7 Å². The van der Waals surface area contributed by atoms with E-state index in [0.717, 1.165) is 4.90 Å². The summed E-state index contributed by atoms with van der Waals surface area (Å²) in [6.45, 7) is 5.07. The summed E-state index contributed by atoms with van der Waals surface area (Å²) in [5.74, 6) is -1.19. The van der Waals surface area contributed by atoms with Gasteiger partial charge in [0.15, 0.2) is 28.7 Å². The molecule has 1 aliphatic rings. The van der Waals surface area contributed by atoms with Gasteiger partial charge in [-0.05, 0) is 81.3 Å². The molecule has 0 unspecified atom stereocenters. The average Bonchev–Trinajstić information content (AvgIpc) is 3.34. The summed E-state index contributed by atoms with van der Waals surface area (Å²) in [4.78, 5) is 41.0. The van der Waals surface area contributed by atoms with Gasteiger partial charge in [0.1, 0.15) is 5.75 Å². The van der Waals surface area contributed by atoms with Crippen molar-refractivity contribution in [2.24, 2.45) is 11.8 Å². The normalized spacial score (nSPS) is 17.1. The fourth-order valence-electron chi connectivity index (χ4n) is 4.55. The van der Waals surface area contributed by atoms with Gasteiger partial charge in [-0.3, -0.25) is 9.59 Å². The van der Waals surface area contributed by atoms with Crippen LogP contribution in [0.15, 0.2) is 77.7 Å². The standard InChI is InChI=1S/C31H32FNO5S/c1-20(34)31(2,3)38-28-15-10-21(17-27(28)32)16-23-18-33(30(36)37-24-8-6-5-7-9-24)19-26(23)29(35)22-11-13-25(39-4)14-12-22/h5-15,17,23,26H,16,18-19H2,1-4H3/t23-,26-/m0/s1. The van der Waals surface area contributed by atoms with Crippen molar-refractivity contribution in [3.8, 4) is 11.5 Å². The lowest BCUT2D eigenvalue weighted by Gasteiger charge is -2.24. The van der Waals surface area contributed by atoms with Crippen LogP contribution < -0.4 is 9.47 Å². The van der Waals surface area contributed by atoms with Gasteiger partial charge >= 0.3 is 6.09 Å². The fraction of sp³-hybridized carbons (Fsp3) is 0.323. The van der Waals surface area contributed by atoms with Gasteiger partial charge < -0.3 is 14.4 Å². The zero-order chi connectivity index (χ0) is 28.2. The molecule has 6 nitrogen and oxygen atoms in total. The fourth-order valence-corrected chi connectivity index (χ4v) is 4.96. The van der Waals surface area contributed by atoms with Gasteiger partial charge in [-0.25, -0.2) is 9.18 Å². The molecule has 2 atom stereocenters. The molecule has 1 fully saturated rings. The Labute approximate surface area is 232 Å². The smallest absolute Gasteiger partial charge is 0.415 e. The number of thioether (sulfide) groups is 1. The monoisotopic (exact) mass is 549 g/mol. The minimum absolute atomic E-state index is 0.0139. The number of para-hydroxylation sites is 1. The van der Waals surface area contributed by atoms with E-state index in [1.54, 1.807) is 73.0 Å². The molecule has 0 radical (unpaired) electrons. The van der Waals surface area contributed by atoms with Gasteiger partial charge in [-0.2, -0.15) is 0 Å². The number of likely N-dealkylation sites (tertiary alicyclic amines) is 1. The van der Waals surface area contributed by atoms with Gasteiger partial charge in [-0.15, -0.1) is 11.8 Å². The molecule has 0 spiro atoms. The van der Waals surface area contributed by atoms with Crippen LogP contribution in [0.5, 0.6) is 11.5 Å². The summed E-state index contributed by atoms with van der Waals surface area (Å²) in [6.07, 6.45) is 1.82. The van der Waals surface area contributed by atoms with Crippen molar-refractivity contribution in [1.82, 2.24) is 4.90 Å². The van der Waals surface area contributed by atoms with Crippen molar-refractivity contribution in [3.05, 3.63) is 89.7 Å². The summed E-state index contributed by atoms with van der Waals surface area (Å²) in [6, 6.07) is 20.8. The number of carbonyl (C=O) groups excluding carboxylic acids is 3. The van der Waals surface area contributed by atoms with E-state index in [9.17, 15) is 18.8 Å². The van der Waals surface area contributed by atoms with Gasteiger partial charge in [0.2, 0.25) is 0 Å². The maximum atomic E-state index is 15.0. The van der Waals surface area contributed by atoms with Gasteiger partial charge in [-0.1, -0.05) is 36.4 Å². The number of Topliss-reactive ketones (excluding diaryl/α,β-unsaturated/α-hetero) is 2. The Morgan fingerprint density at radius 2 is 1.69 bits per heavy atom. The molecule has 0 aromatic heterocycles. The highest BCUT2D eigenvalue weighted by atomic mass is 32.2. The van der Waals surface area contributed by atoms with Crippen molar-refractivity contribution in [2.75, 3.05) is 19.3 Å². The molecule has 4 rings (SSSR count). The van der Waals surface area contributed by atoms with Crippen molar-refractivity contribution in [3.63, 3.8) is 0 Å². The Bertz CT molecular complexity index is 1340. The molecule has 0 aliphatic carbocycles. The van der Waals surface area contributed by atoms with Crippen LogP contribution in [-0.4, -0.2) is 47.5 Å². The Morgan fingerprint density at radius 1 is 1.00 bits per heavy atom. The average molecular weight is 550 g/mol. The van der Waals surface area contributed by atoms with E-state index in [1.165, 1.54) is 19.1 Å². The summed E-state index contributed by atoms with van der Waals surface area (Å²) < 4.78 is 26.1. The Balaban J connectivity index is 1.55. The molecule has 3 aromatic rings. The second-order valence-corrected chi connectivity index (χ2v) is 11.1. The van der Waals surface area contributed by atoms with Crippen LogP contribution in [0.4, 0.5) is 9.18 Å². The van der Waals surface area contributed by atoms with E-state index in [-0.39, 0.29) is 29.8 Å². The van der Waals surface area contributed by atoms with Crippen LogP contribution in [0.1, 0.15) is 36.7 Å². The highest BCUT2D eigenvalue weighted by Crippen LogP contribution is 2.32. The van der Waals surface area contributed by atoms with E-state index in [2.05, 4.69) is 0 Å². The minimum Gasteiger partial charge on any atom is -0.477 e. The van der Waals surface area contributed by atoms with Crippen LogP contribution in [0.3, 0.4) is 0 Å². The molecule has 1 saturated heterocycles. The summed E-state index contributed by atoms with van der Waals surface area (Å²) in [7, 11) is 0. The highest BCUT2D eigenvalue weighted by Gasteiger charge is 2.40. The molecule has 0 saturated carbocycles. The Hall–Kier alpha value is -3.65. The Kier molecular flexibility index (Phi) is 8.75. The second kappa shape index (κ2) is 12.0. The lowest BCUT2D eigenvalue weighted by Crippen LogP contribution is -2.36. The van der Waals surface area contributed by atoms with Crippen molar-refractivity contribution in [1.29, 1.82) is 0 Å². The zero-order valence-corrected chi connectivity index (χ0v) is 23.3. The molecule has 1 heterocycles. The molecule has 204 valence electrons. The maximum absolute atomic E-state index is 15.0. The summed E-state index contributed by atoms with van der Waals surface area (Å²) >= 11 is 1.59. The first-order valence-corrected chi connectivity index (χ1v) is 14.0. The number of rotatable bonds is 9. The zero-order valence-electron chi connectivity index (χ0n) is 22.5. The summed E-state index contributed by atoms with van der Waals surface area (Å²) in [5, 5.41) is 0. The van der Waals surface area contributed by atoms with E-state index in [4.69, 9.17) is 9.47 Å². The van der Waals surface area contributed by atoms with E-state index < -0.39 is 23.4 Å². The molecule has 0 bridgehead atoms. The third-order valence-electron chi connectivity index (χ3n) is 7.07. The molecule has 0 N–H and O–H groups in total. The predicted molar refractivity (Wildman–Crippen MR) is 149 cm³/mol. The topological polar surface area (TPSA) is 72.9 Å². The first kappa shape index (κ1) is 28.4. The predicted octanol–water partition coefficient (Wildman–Crippen LogP) is 6.47. The number of nitrogens with zero attached hydrogens (tertiary/aromatic N) is 1. The molecule has 1 aliphatic heterocycles. The number of carbonyl (C=O) groups is 3. The first-order valence-electron chi connectivity index (χ1n) is 12.8. The lowest BCUT2D eigenvalue weighted by atomic mass is 9.84. The van der Waals surface area contributed by atoms with Crippen LogP contribution in [0.25, 0.3) is 0 Å². The largest absolute Gasteiger partial charge is 0.477 e. The number of benzene rings is 3. The van der Waals surface area contributed by atoms with Crippen LogP contribution in [-0.2, 0) is 11.2 Å². The van der Waals surface area contributed by atoms with Crippen molar-refractivity contribution < 1.29 is 28.2 Å². The number of ether oxygens (including phenoxy) is 2. The number of amides is 1. The number of halogens is 1. The van der Waals surface area contributed by atoms with E-state index in [1.807, 2.05) is 24.5 Å². The highest BCUT2D eigenvalue weighted by molar-refractivity contribution is 7.98. The first-order chi connectivity index (χ1) is 18.6. The van der Waals surface area contributed by atoms with Crippen LogP contribution >= 0.6 is 11.8 Å². The summed E-state index contributed by atoms with van der Waals surface area (Å²) in [5.41, 5.74) is 0.0818. The van der Waals surface area contributed by atoms with Crippen molar-refractivity contribution >= 4 is 29.4 Å². The van der Waals surface area contributed by atoms with Crippen molar-refractivity contribution in [2.45, 2.75) is 37.7 Å². The van der Waals surface area contributed by atoms with E-state index >= 15 is 0 Å². The molecular weight excluding hydrogens is 517 g/mol. The maximum Gasteiger partial charge on any atom is 0.415 e. The third kappa shape index (κ3) is 6.87. The number of hydrogen-bond donors (Lipinski definition) is 0. The molecule has 39 heavy (non-hydrogen) atoms. The molecular formula is C31H32FNO5S. The minimum atomic E-state index is -1.16. The molecule has 3 aromatic carbocycles. The van der Waals surface area contributed by atoms with Crippen LogP contribution in [0.2, 0.25) is 0 Å². The number of ketones is 2. The lowest BCUT2D eigenvalue weighted by molar-refractivity contribution is -0.129. The number of hydrogen-bond acceptors (Lipinski definition) is 6. The molecule has 1 amide bonds. The van der Waals surface area contributed by atoms with E-state index in [0.29, 0.717) is 29.8 Å². The van der Waals surface area contributed by atoms with Gasteiger partial charge in [0.05, 0.1) is 0 Å². The Morgan fingerprint density at radius 3 is 2.31 bits per heavy atom. The van der Waals surface area contributed by atoms with Gasteiger partial charge in [0, 0.05) is 29.5 Å². The molecule has 8 heteroatoms. The van der Waals surface area contributed by atoms with Gasteiger partial charge in [0.25, 0.3) is 0 Å².